The van der Waals surface area contributed by atoms with Crippen LogP contribution in [0.3, 0.4) is 0 Å². The van der Waals surface area contributed by atoms with E-state index in [2.05, 4.69) is 195 Å². The lowest BCUT2D eigenvalue weighted by Gasteiger charge is -2.37. The van der Waals surface area contributed by atoms with Gasteiger partial charge in [-0.25, -0.2) is 0 Å². The summed E-state index contributed by atoms with van der Waals surface area (Å²) >= 11 is 0. The monoisotopic (exact) mass is 747 g/mol. The van der Waals surface area contributed by atoms with Gasteiger partial charge in [0, 0.05) is 27.6 Å². The van der Waals surface area contributed by atoms with E-state index in [0.29, 0.717) is 0 Å². The van der Waals surface area contributed by atoms with Gasteiger partial charge in [-0.1, -0.05) is 179 Å². The van der Waals surface area contributed by atoms with E-state index in [-0.39, 0.29) is 10.8 Å². The lowest BCUT2D eigenvalue weighted by molar-refractivity contribution is 0.352. The number of hydrogen-bond donors (Lipinski definition) is 0. The lowest BCUT2D eigenvalue weighted by atomic mass is 9.66. The highest BCUT2D eigenvalue weighted by Crippen LogP contribution is 2.61. The van der Waals surface area contributed by atoms with E-state index in [1.165, 1.54) is 110 Å². The van der Waals surface area contributed by atoms with Gasteiger partial charge in [0.25, 0.3) is 0 Å². The van der Waals surface area contributed by atoms with Crippen LogP contribution in [0.15, 0.2) is 182 Å². The fraction of sp³-hybridized carbons (Fsp3) is 0.193. The van der Waals surface area contributed by atoms with Crippen LogP contribution in [0.5, 0.6) is 0 Å². The molecular formula is C57H49N. The SMILES string of the molecule is CC1(C)c2ccccc2-c2ccc(-c3ccc(N(c4ccccc4C4=C5C(=CCC4)C4(CCCCC4)c4ccccc45)c4ccccc4-c4ccccc4)cc3)cc21. The molecule has 1 fully saturated rings. The Kier molecular flexibility index (Phi) is 8.29. The Morgan fingerprint density at radius 2 is 1.03 bits per heavy atom. The first-order chi connectivity index (χ1) is 28.5. The molecule has 4 aliphatic carbocycles. The first kappa shape index (κ1) is 35.0. The Morgan fingerprint density at radius 3 is 1.79 bits per heavy atom. The molecule has 0 unspecified atom stereocenters. The topological polar surface area (TPSA) is 3.24 Å². The molecule has 4 aliphatic rings. The van der Waals surface area contributed by atoms with E-state index in [0.717, 1.165) is 18.5 Å². The van der Waals surface area contributed by atoms with Gasteiger partial charge in [-0.05, 0) is 123 Å². The largest absolute Gasteiger partial charge is 0.309 e. The van der Waals surface area contributed by atoms with Gasteiger partial charge < -0.3 is 4.90 Å². The summed E-state index contributed by atoms with van der Waals surface area (Å²) in [6.45, 7) is 4.73. The van der Waals surface area contributed by atoms with Crippen LogP contribution in [0.1, 0.15) is 86.6 Å². The molecule has 0 radical (unpaired) electrons. The van der Waals surface area contributed by atoms with Crippen molar-refractivity contribution in [2.24, 2.45) is 0 Å². The second-order valence-corrected chi connectivity index (χ2v) is 17.4. The molecule has 1 nitrogen and oxygen atoms in total. The molecule has 58 heavy (non-hydrogen) atoms. The number of rotatable bonds is 6. The summed E-state index contributed by atoms with van der Waals surface area (Å²) in [7, 11) is 0. The molecule has 7 aromatic rings. The number of allylic oxidation sites excluding steroid dienone is 4. The predicted octanol–water partition coefficient (Wildman–Crippen LogP) is 15.6. The highest BCUT2D eigenvalue weighted by atomic mass is 15.1. The van der Waals surface area contributed by atoms with Crippen LogP contribution in [0.2, 0.25) is 0 Å². The summed E-state index contributed by atoms with van der Waals surface area (Å²) in [5.41, 5.74) is 23.1. The maximum Gasteiger partial charge on any atom is 0.0540 e. The fourth-order valence-electron chi connectivity index (χ4n) is 11.3. The van der Waals surface area contributed by atoms with E-state index in [4.69, 9.17) is 0 Å². The first-order valence-electron chi connectivity index (χ1n) is 21.5. The predicted molar refractivity (Wildman–Crippen MR) is 245 cm³/mol. The van der Waals surface area contributed by atoms with Crippen molar-refractivity contribution in [1.82, 2.24) is 0 Å². The third-order valence-corrected chi connectivity index (χ3v) is 14.0. The second kappa shape index (κ2) is 13.7. The quantitative estimate of drug-likeness (QED) is 0.164. The molecule has 1 saturated carbocycles. The minimum atomic E-state index is -0.0378. The Bertz CT molecular complexity index is 2770. The second-order valence-electron chi connectivity index (χ2n) is 17.4. The molecule has 0 amide bonds. The van der Waals surface area contributed by atoms with Crippen molar-refractivity contribution in [1.29, 1.82) is 0 Å². The Balaban J connectivity index is 1.08. The van der Waals surface area contributed by atoms with Crippen LogP contribution in [0, 0.1) is 0 Å². The van der Waals surface area contributed by atoms with Crippen molar-refractivity contribution in [2.75, 3.05) is 4.90 Å². The van der Waals surface area contributed by atoms with Gasteiger partial charge in [0.1, 0.15) is 0 Å². The molecule has 0 aromatic heterocycles. The zero-order valence-corrected chi connectivity index (χ0v) is 33.6. The molecule has 7 aromatic carbocycles. The minimum Gasteiger partial charge on any atom is -0.309 e. The number of para-hydroxylation sites is 2. The van der Waals surface area contributed by atoms with Crippen molar-refractivity contribution in [3.05, 3.63) is 209 Å². The summed E-state index contributed by atoms with van der Waals surface area (Å²) in [4.78, 5) is 2.53. The normalized spacial score (nSPS) is 17.0. The molecule has 1 heteroatoms. The summed E-state index contributed by atoms with van der Waals surface area (Å²) in [5.74, 6) is 0. The van der Waals surface area contributed by atoms with Crippen LogP contribution >= 0.6 is 0 Å². The van der Waals surface area contributed by atoms with Crippen molar-refractivity contribution < 1.29 is 0 Å². The number of benzene rings is 7. The van der Waals surface area contributed by atoms with Crippen molar-refractivity contribution in [2.45, 2.75) is 69.6 Å². The van der Waals surface area contributed by atoms with Crippen LogP contribution in [0.4, 0.5) is 17.1 Å². The number of fused-ring (bicyclic) bond motifs is 8. The van der Waals surface area contributed by atoms with Crippen molar-refractivity contribution in [3.63, 3.8) is 0 Å². The Labute approximate surface area is 344 Å². The maximum atomic E-state index is 2.62. The van der Waals surface area contributed by atoms with Gasteiger partial charge in [0.2, 0.25) is 0 Å². The van der Waals surface area contributed by atoms with Crippen LogP contribution in [-0.4, -0.2) is 0 Å². The van der Waals surface area contributed by atoms with Gasteiger partial charge in [-0.2, -0.15) is 0 Å². The van der Waals surface area contributed by atoms with Gasteiger partial charge in [-0.15, -0.1) is 0 Å². The van der Waals surface area contributed by atoms with E-state index in [1.54, 1.807) is 11.1 Å². The summed E-state index contributed by atoms with van der Waals surface area (Å²) in [6.07, 6.45) is 11.2. The molecule has 0 heterocycles. The third-order valence-electron chi connectivity index (χ3n) is 14.0. The Hall–Kier alpha value is -6.18. The molecule has 0 bridgehead atoms. The average Bonchev–Trinajstić information content (AvgIpc) is 3.69. The maximum absolute atomic E-state index is 2.62. The number of nitrogens with zero attached hydrogens (tertiary/aromatic N) is 1. The first-order valence-corrected chi connectivity index (χ1v) is 21.5. The molecular weight excluding hydrogens is 699 g/mol. The van der Waals surface area contributed by atoms with Gasteiger partial charge in [-0.3, -0.25) is 0 Å². The van der Waals surface area contributed by atoms with E-state index in [1.807, 2.05) is 0 Å². The molecule has 11 rings (SSSR count). The number of hydrogen-bond acceptors (Lipinski definition) is 1. The fourth-order valence-corrected chi connectivity index (χ4v) is 11.3. The Morgan fingerprint density at radius 1 is 0.448 bits per heavy atom. The molecule has 0 atom stereocenters. The molecule has 0 N–H and O–H groups in total. The molecule has 0 saturated heterocycles. The smallest absolute Gasteiger partial charge is 0.0540 e. The molecule has 0 aliphatic heterocycles. The number of anilines is 3. The summed E-state index contributed by atoms with van der Waals surface area (Å²) < 4.78 is 0. The zero-order chi connectivity index (χ0) is 38.8. The summed E-state index contributed by atoms with van der Waals surface area (Å²) in [6, 6.07) is 63.8. The highest BCUT2D eigenvalue weighted by Gasteiger charge is 2.47. The molecule has 282 valence electrons. The van der Waals surface area contributed by atoms with Gasteiger partial charge in [0.05, 0.1) is 11.4 Å². The van der Waals surface area contributed by atoms with Crippen LogP contribution < -0.4 is 4.90 Å². The van der Waals surface area contributed by atoms with Gasteiger partial charge in [0.15, 0.2) is 0 Å². The van der Waals surface area contributed by atoms with Crippen LogP contribution in [-0.2, 0) is 10.8 Å². The van der Waals surface area contributed by atoms with E-state index < -0.39 is 0 Å². The molecule has 1 spiro atoms. The van der Waals surface area contributed by atoms with E-state index in [9.17, 15) is 0 Å². The highest BCUT2D eigenvalue weighted by molar-refractivity contribution is 6.07. The van der Waals surface area contributed by atoms with Crippen LogP contribution in [0.25, 0.3) is 44.5 Å². The van der Waals surface area contributed by atoms with Crippen molar-refractivity contribution in [3.8, 4) is 33.4 Å². The summed E-state index contributed by atoms with van der Waals surface area (Å²) in [5, 5.41) is 0. The van der Waals surface area contributed by atoms with Gasteiger partial charge >= 0.3 is 0 Å². The average molecular weight is 748 g/mol. The minimum absolute atomic E-state index is 0.0378. The van der Waals surface area contributed by atoms with E-state index >= 15 is 0 Å². The standard InChI is InChI=1S/C57H49N/c1-56(2)49-25-11-7-21-44(49)45-35-32-41(38-52(45)56)39-30-33-42(34-31-39)58(53-28-13-9-20-43(53)40-18-5-3-6-19-40)54-29-14-10-22-46(54)47-24-17-27-51-55(47)48-23-8-12-26-50(48)57(51)36-15-4-16-37-57/h3,5-14,18-23,25-35,38H,4,15-17,24,36-37H2,1-2H3. The zero-order valence-electron chi connectivity index (χ0n) is 33.6. The lowest BCUT2D eigenvalue weighted by Crippen LogP contribution is -2.28. The van der Waals surface area contributed by atoms with Crippen molar-refractivity contribution >= 4 is 28.2 Å². The third kappa shape index (κ3) is 5.36.